The number of hydrogen-bond donors (Lipinski definition) is 0. The Balaban J connectivity index is 1.45. The van der Waals surface area contributed by atoms with Crippen molar-refractivity contribution in [3.8, 4) is 28.0 Å². The topological polar surface area (TPSA) is 18.5 Å². The van der Waals surface area contributed by atoms with Gasteiger partial charge in [-0.05, 0) is 49.4 Å². The first kappa shape index (κ1) is 28.9. The van der Waals surface area contributed by atoms with Gasteiger partial charge in [-0.25, -0.2) is 13.2 Å². The molecule has 1 saturated heterocycles. The maximum absolute atomic E-state index is 15.1. The first-order valence-electron chi connectivity index (χ1n) is 13.9. The maximum atomic E-state index is 15.1. The molecule has 0 aromatic heterocycles. The van der Waals surface area contributed by atoms with Crippen LogP contribution in [0, 0.1) is 29.2 Å². The van der Waals surface area contributed by atoms with Crippen LogP contribution in [0.5, 0.6) is 5.75 Å². The summed E-state index contributed by atoms with van der Waals surface area (Å²) < 4.78 is 71.0. The van der Waals surface area contributed by atoms with E-state index in [0.717, 1.165) is 38.5 Å². The van der Waals surface area contributed by atoms with Crippen molar-refractivity contribution in [2.45, 2.75) is 64.9 Å². The first-order valence-corrected chi connectivity index (χ1v) is 13.9. The van der Waals surface area contributed by atoms with E-state index in [-0.39, 0.29) is 22.4 Å². The van der Waals surface area contributed by atoms with Crippen LogP contribution in [0.25, 0.3) is 22.3 Å². The van der Waals surface area contributed by atoms with Crippen LogP contribution in [0.4, 0.5) is 17.6 Å². The molecule has 2 nitrogen and oxygen atoms in total. The van der Waals surface area contributed by atoms with Crippen LogP contribution in [0.3, 0.4) is 0 Å². The molecule has 4 rings (SSSR count). The molecule has 1 heterocycles. The van der Waals surface area contributed by atoms with E-state index < -0.39 is 29.4 Å². The Morgan fingerprint density at radius 1 is 0.769 bits per heavy atom. The predicted molar refractivity (Wildman–Crippen MR) is 148 cm³/mol. The van der Waals surface area contributed by atoms with Gasteiger partial charge in [0, 0.05) is 22.6 Å². The predicted octanol–water partition coefficient (Wildman–Crippen LogP) is 9.97. The van der Waals surface area contributed by atoms with Crippen LogP contribution >= 0.6 is 0 Å². The van der Waals surface area contributed by atoms with Crippen molar-refractivity contribution in [3.05, 3.63) is 89.5 Å². The van der Waals surface area contributed by atoms with Crippen LogP contribution in [0.2, 0.25) is 0 Å². The van der Waals surface area contributed by atoms with E-state index >= 15 is 8.78 Å². The summed E-state index contributed by atoms with van der Waals surface area (Å²) in [6, 6.07) is 12.3. The van der Waals surface area contributed by atoms with Crippen LogP contribution in [-0.4, -0.2) is 13.2 Å². The van der Waals surface area contributed by atoms with E-state index in [1.54, 1.807) is 36.4 Å². The molecule has 39 heavy (non-hydrogen) atoms. The van der Waals surface area contributed by atoms with Gasteiger partial charge in [-0.2, -0.15) is 4.39 Å². The van der Waals surface area contributed by atoms with Gasteiger partial charge in [-0.15, -0.1) is 0 Å². The fraction of sp³-hybridized carbons (Fsp3) is 0.394. The molecule has 0 amide bonds. The van der Waals surface area contributed by atoms with Crippen molar-refractivity contribution in [2.24, 2.45) is 5.92 Å². The fourth-order valence-electron chi connectivity index (χ4n) is 5.06. The van der Waals surface area contributed by atoms with Gasteiger partial charge in [0.1, 0.15) is 0 Å². The first-order chi connectivity index (χ1) is 18.9. The molecule has 0 N–H and O–H groups in total. The highest BCUT2D eigenvalue weighted by atomic mass is 19.2. The second-order valence-corrected chi connectivity index (χ2v) is 10.1. The van der Waals surface area contributed by atoms with E-state index in [1.165, 1.54) is 12.1 Å². The van der Waals surface area contributed by atoms with E-state index in [9.17, 15) is 8.78 Å². The summed E-state index contributed by atoms with van der Waals surface area (Å²) in [7, 11) is 0. The standard InChI is InChI=1S/C33H36F4O2/c1-3-5-6-7-8-20-38-29-19-17-26(31(35)33(29)37)24-13-11-23(12-14-24)25-15-16-27(32(36)30(25)34)28-18-10-22(9-4-2)21-39-28/h4,9,11-17,19,22,28H,3,5-8,10,18,20-21H2,1-2H3/b9-4+. The van der Waals surface area contributed by atoms with Crippen LogP contribution in [-0.2, 0) is 4.74 Å². The minimum Gasteiger partial charge on any atom is -0.490 e. The fourth-order valence-corrected chi connectivity index (χ4v) is 5.06. The van der Waals surface area contributed by atoms with Crippen LogP contribution < -0.4 is 4.74 Å². The summed E-state index contributed by atoms with van der Waals surface area (Å²) in [5, 5.41) is 0. The van der Waals surface area contributed by atoms with Crippen molar-refractivity contribution in [1.82, 2.24) is 0 Å². The molecule has 6 heteroatoms. The summed E-state index contributed by atoms with van der Waals surface area (Å²) >= 11 is 0. The number of ether oxygens (including phenoxy) is 2. The molecule has 0 radical (unpaired) electrons. The normalized spacial score (nSPS) is 17.6. The minimum atomic E-state index is -1.03. The minimum absolute atomic E-state index is 0.0713. The van der Waals surface area contributed by atoms with Gasteiger partial charge in [-0.3, -0.25) is 0 Å². The van der Waals surface area contributed by atoms with Crippen LogP contribution in [0.15, 0.2) is 60.7 Å². The third-order valence-electron chi connectivity index (χ3n) is 7.29. The molecule has 2 atom stereocenters. The zero-order chi connectivity index (χ0) is 27.8. The quantitative estimate of drug-likeness (QED) is 0.137. The highest BCUT2D eigenvalue weighted by Gasteiger charge is 2.26. The van der Waals surface area contributed by atoms with Crippen molar-refractivity contribution < 1.29 is 27.0 Å². The second kappa shape index (κ2) is 13.8. The average Bonchev–Trinajstić information content (AvgIpc) is 2.95. The van der Waals surface area contributed by atoms with Gasteiger partial charge in [-0.1, -0.05) is 81.2 Å². The highest BCUT2D eigenvalue weighted by Crippen LogP contribution is 2.37. The Bertz CT molecular complexity index is 1260. The zero-order valence-electron chi connectivity index (χ0n) is 22.6. The third kappa shape index (κ3) is 6.91. The number of allylic oxidation sites excluding steroid dienone is 1. The molecule has 0 bridgehead atoms. The molecule has 0 spiro atoms. The molecule has 0 aliphatic carbocycles. The average molecular weight is 541 g/mol. The lowest BCUT2D eigenvalue weighted by Crippen LogP contribution is -2.20. The maximum Gasteiger partial charge on any atom is 0.201 e. The smallest absolute Gasteiger partial charge is 0.201 e. The number of halogens is 4. The molecule has 3 aromatic rings. The van der Waals surface area contributed by atoms with Gasteiger partial charge in [0.05, 0.1) is 19.3 Å². The van der Waals surface area contributed by atoms with Crippen molar-refractivity contribution in [3.63, 3.8) is 0 Å². The molecule has 1 fully saturated rings. The monoisotopic (exact) mass is 540 g/mol. The molecule has 0 saturated carbocycles. The van der Waals surface area contributed by atoms with E-state index in [0.29, 0.717) is 36.7 Å². The second-order valence-electron chi connectivity index (χ2n) is 10.1. The highest BCUT2D eigenvalue weighted by molar-refractivity contribution is 5.71. The summed E-state index contributed by atoms with van der Waals surface area (Å²) in [4.78, 5) is 0. The summed E-state index contributed by atoms with van der Waals surface area (Å²) in [5.74, 6) is -3.72. The number of rotatable bonds is 11. The Morgan fingerprint density at radius 3 is 2.03 bits per heavy atom. The van der Waals surface area contributed by atoms with Gasteiger partial charge in [0.25, 0.3) is 0 Å². The summed E-state index contributed by atoms with van der Waals surface area (Å²) in [6.07, 6.45) is 10.2. The molecule has 1 aliphatic heterocycles. The van der Waals surface area contributed by atoms with Crippen molar-refractivity contribution in [1.29, 1.82) is 0 Å². The summed E-state index contributed by atoms with van der Waals surface area (Å²) in [5.41, 5.74) is 1.24. The number of benzene rings is 3. The van der Waals surface area contributed by atoms with E-state index in [1.807, 2.05) is 13.0 Å². The Morgan fingerprint density at radius 2 is 1.41 bits per heavy atom. The van der Waals surface area contributed by atoms with Gasteiger partial charge in [0.2, 0.25) is 5.82 Å². The van der Waals surface area contributed by atoms with Gasteiger partial charge < -0.3 is 9.47 Å². The van der Waals surface area contributed by atoms with Crippen LogP contribution in [0.1, 0.15) is 70.5 Å². The lowest BCUT2D eigenvalue weighted by atomic mass is 9.92. The lowest BCUT2D eigenvalue weighted by molar-refractivity contribution is -0.00743. The molecular weight excluding hydrogens is 504 g/mol. The molecular formula is C33H36F4O2. The molecule has 2 unspecified atom stereocenters. The molecule has 208 valence electrons. The zero-order valence-corrected chi connectivity index (χ0v) is 22.6. The Kier molecular flexibility index (Phi) is 10.2. The largest absolute Gasteiger partial charge is 0.490 e. The Labute approximate surface area is 228 Å². The molecule has 3 aromatic carbocycles. The Hall–Kier alpha value is -3.12. The summed E-state index contributed by atoms with van der Waals surface area (Å²) in [6.45, 7) is 4.89. The molecule has 1 aliphatic rings. The number of hydrogen-bond acceptors (Lipinski definition) is 2. The van der Waals surface area contributed by atoms with E-state index in [4.69, 9.17) is 9.47 Å². The number of unbranched alkanes of at least 4 members (excludes halogenated alkanes) is 4. The van der Waals surface area contributed by atoms with Crippen molar-refractivity contribution >= 4 is 0 Å². The lowest BCUT2D eigenvalue weighted by Gasteiger charge is -2.28. The van der Waals surface area contributed by atoms with Gasteiger partial charge >= 0.3 is 0 Å². The van der Waals surface area contributed by atoms with Gasteiger partial charge in [0.15, 0.2) is 23.2 Å². The third-order valence-corrected chi connectivity index (χ3v) is 7.29. The van der Waals surface area contributed by atoms with E-state index in [2.05, 4.69) is 13.0 Å². The van der Waals surface area contributed by atoms with Crippen molar-refractivity contribution in [2.75, 3.05) is 13.2 Å². The SMILES string of the molecule is C/C=C/C1CCC(c2ccc(-c3ccc(-c4ccc(OCCCCCCC)c(F)c4F)cc3)c(F)c2F)OC1.